The molecule has 1 atom stereocenters. The Morgan fingerprint density at radius 2 is 2.13 bits per heavy atom. The summed E-state index contributed by atoms with van der Waals surface area (Å²) in [6.45, 7) is 2.88. The van der Waals surface area contributed by atoms with Gasteiger partial charge in [-0.15, -0.1) is 0 Å². The maximum atomic E-state index is 12.0. The summed E-state index contributed by atoms with van der Waals surface area (Å²) in [5.41, 5.74) is 1.14. The van der Waals surface area contributed by atoms with Crippen LogP contribution in [0.2, 0.25) is 0 Å². The molecule has 1 N–H and O–H groups in total. The molecule has 1 aromatic heterocycles. The number of rotatable bonds is 8. The first-order valence-electron chi connectivity index (χ1n) is 7.72. The van der Waals surface area contributed by atoms with Gasteiger partial charge in [-0.2, -0.15) is 0 Å². The summed E-state index contributed by atoms with van der Waals surface area (Å²) in [6.07, 6.45) is 1.97. The third-order valence-electron chi connectivity index (χ3n) is 3.57. The average molecular weight is 316 g/mol. The lowest BCUT2D eigenvalue weighted by Crippen LogP contribution is -2.34. The summed E-state index contributed by atoms with van der Waals surface area (Å²) in [5, 5.41) is 2.93. The van der Waals surface area contributed by atoms with Gasteiger partial charge in [-0.1, -0.05) is 12.1 Å². The number of aryl methyl sites for hydroxylation is 1. The second kappa shape index (κ2) is 8.39. The van der Waals surface area contributed by atoms with E-state index in [1.165, 1.54) is 0 Å². The number of nitrogens with one attached hydrogen (secondary N) is 1. The van der Waals surface area contributed by atoms with Crippen molar-refractivity contribution in [1.29, 1.82) is 0 Å². The second-order valence-corrected chi connectivity index (χ2v) is 5.71. The zero-order chi connectivity index (χ0) is 16.7. The van der Waals surface area contributed by atoms with Crippen LogP contribution in [0.25, 0.3) is 0 Å². The molecule has 124 valence electrons. The molecule has 2 aromatic rings. The monoisotopic (exact) mass is 316 g/mol. The standard InChI is InChI=1S/C18H24N2O3/c1-14-6-4-7-15(12-14)22-11-9-18(21)19-13-16(20(2)3)17-8-5-10-23-17/h4-8,10,12,16H,9,11,13H2,1-3H3,(H,19,21). The number of hydrogen-bond donors (Lipinski definition) is 1. The van der Waals surface area contributed by atoms with Gasteiger partial charge in [0.05, 0.1) is 25.3 Å². The van der Waals surface area contributed by atoms with Gasteiger partial charge in [-0.05, 0) is 50.8 Å². The SMILES string of the molecule is Cc1cccc(OCCC(=O)NCC(c2ccco2)N(C)C)c1. The third kappa shape index (κ3) is 5.45. The Bertz CT molecular complexity index is 608. The van der Waals surface area contributed by atoms with Crippen molar-refractivity contribution in [2.24, 2.45) is 0 Å². The normalized spacial score (nSPS) is 12.2. The zero-order valence-corrected chi connectivity index (χ0v) is 13.9. The highest BCUT2D eigenvalue weighted by Crippen LogP contribution is 2.17. The summed E-state index contributed by atoms with van der Waals surface area (Å²) in [4.78, 5) is 14.0. The van der Waals surface area contributed by atoms with E-state index in [0.717, 1.165) is 17.1 Å². The van der Waals surface area contributed by atoms with Crippen LogP contribution in [0.4, 0.5) is 0 Å². The molecular weight excluding hydrogens is 292 g/mol. The van der Waals surface area contributed by atoms with Gasteiger partial charge in [0, 0.05) is 6.54 Å². The molecule has 1 unspecified atom stereocenters. The highest BCUT2D eigenvalue weighted by atomic mass is 16.5. The molecule has 1 aromatic carbocycles. The molecule has 0 aliphatic carbocycles. The van der Waals surface area contributed by atoms with Crippen LogP contribution in [-0.4, -0.2) is 38.1 Å². The summed E-state index contributed by atoms with van der Waals surface area (Å²) >= 11 is 0. The molecule has 0 bridgehead atoms. The van der Waals surface area contributed by atoms with Crippen molar-refractivity contribution in [3.8, 4) is 5.75 Å². The maximum Gasteiger partial charge on any atom is 0.223 e. The fraction of sp³-hybridized carbons (Fsp3) is 0.389. The Balaban J connectivity index is 1.74. The van der Waals surface area contributed by atoms with E-state index in [9.17, 15) is 4.79 Å². The molecule has 0 fully saturated rings. The number of likely N-dealkylation sites (N-methyl/N-ethyl adjacent to an activating group) is 1. The van der Waals surface area contributed by atoms with Gasteiger partial charge < -0.3 is 14.5 Å². The van der Waals surface area contributed by atoms with E-state index in [2.05, 4.69) is 5.32 Å². The molecule has 0 aliphatic rings. The van der Waals surface area contributed by atoms with Crippen molar-refractivity contribution < 1.29 is 13.9 Å². The maximum absolute atomic E-state index is 12.0. The van der Waals surface area contributed by atoms with Crippen molar-refractivity contribution in [2.75, 3.05) is 27.2 Å². The van der Waals surface area contributed by atoms with Crippen molar-refractivity contribution in [2.45, 2.75) is 19.4 Å². The number of carbonyl (C=O) groups excluding carboxylic acids is 1. The highest BCUT2D eigenvalue weighted by Gasteiger charge is 2.17. The first kappa shape index (κ1) is 17.1. The van der Waals surface area contributed by atoms with Gasteiger partial charge in [0.2, 0.25) is 5.91 Å². The molecule has 1 heterocycles. The van der Waals surface area contributed by atoms with Crippen molar-refractivity contribution >= 4 is 5.91 Å². The van der Waals surface area contributed by atoms with E-state index >= 15 is 0 Å². The fourth-order valence-electron chi connectivity index (χ4n) is 2.28. The molecule has 0 radical (unpaired) electrons. The highest BCUT2D eigenvalue weighted by molar-refractivity contribution is 5.76. The average Bonchev–Trinajstić information content (AvgIpc) is 3.01. The van der Waals surface area contributed by atoms with E-state index in [-0.39, 0.29) is 11.9 Å². The van der Waals surface area contributed by atoms with E-state index in [4.69, 9.17) is 9.15 Å². The van der Waals surface area contributed by atoms with E-state index < -0.39 is 0 Å². The van der Waals surface area contributed by atoms with Gasteiger partial charge in [0.1, 0.15) is 11.5 Å². The summed E-state index contributed by atoms with van der Waals surface area (Å²) < 4.78 is 11.0. The predicted molar refractivity (Wildman–Crippen MR) is 89.4 cm³/mol. The summed E-state index contributed by atoms with van der Waals surface area (Å²) in [6, 6.07) is 11.6. The zero-order valence-electron chi connectivity index (χ0n) is 13.9. The van der Waals surface area contributed by atoms with E-state index in [0.29, 0.717) is 19.6 Å². The van der Waals surface area contributed by atoms with Crippen molar-refractivity contribution in [3.63, 3.8) is 0 Å². The molecule has 0 spiro atoms. The van der Waals surface area contributed by atoms with Gasteiger partial charge >= 0.3 is 0 Å². The number of carbonyl (C=O) groups is 1. The number of benzene rings is 1. The van der Waals surface area contributed by atoms with Crippen molar-refractivity contribution in [3.05, 3.63) is 54.0 Å². The number of ether oxygens (including phenoxy) is 1. The van der Waals surface area contributed by atoms with E-state index in [1.807, 2.05) is 62.3 Å². The lowest BCUT2D eigenvalue weighted by atomic mass is 10.2. The number of hydrogen-bond acceptors (Lipinski definition) is 4. The molecule has 1 amide bonds. The third-order valence-corrected chi connectivity index (χ3v) is 3.57. The van der Waals surface area contributed by atoms with Crippen LogP contribution in [0.5, 0.6) is 5.75 Å². The minimum atomic E-state index is -0.0314. The van der Waals surface area contributed by atoms with Crippen molar-refractivity contribution in [1.82, 2.24) is 10.2 Å². The number of furan rings is 1. The number of amides is 1. The van der Waals surface area contributed by atoms with Gasteiger partial charge in [0.25, 0.3) is 0 Å². The molecular formula is C18H24N2O3. The minimum Gasteiger partial charge on any atom is -0.493 e. The van der Waals surface area contributed by atoms with Gasteiger partial charge in [0.15, 0.2) is 0 Å². The topological polar surface area (TPSA) is 54.7 Å². The first-order valence-corrected chi connectivity index (χ1v) is 7.72. The Labute approximate surface area is 137 Å². The summed E-state index contributed by atoms with van der Waals surface area (Å²) in [5.74, 6) is 1.60. The van der Waals surface area contributed by atoms with Crippen LogP contribution in [-0.2, 0) is 4.79 Å². The molecule has 5 heteroatoms. The largest absolute Gasteiger partial charge is 0.493 e. The molecule has 0 saturated heterocycles. The van der Waals surface area contributed by atoms with Crippen LogP contribution in [0.1, 0.15) is 23.8 Å². The lowest BCUT2D eigenvalue weighted by molar-refractivity contribution is -0.121. The van der Waals surface area contributed by atoms with Gasteiger partial charge in [-0.25, -0.2) is 0 Å². The molecule has 0 aliphatic heterocycles. The van der Waals surface area contributed by atoms with E-state index in [1.54, 1.807) is 6.26 Å². The quantitative estimate of drug-likeness (QED) is 0.813. The Morgan fingerprint density at radius 1 is 1.30 bits per heavy atom. The second-order valence-electron chi connectivity index (χ2n) is 5.71. The molecule has 5 nitrogen and oxygen atoms in total. The molecule has 23 heavy (non-hydrogen) atoms. The van der Waals surface area contributed by atoms with Crippen LogP contribution >= 0.6 is 0 Å². The Hall–Kier alpha value is -2.27. The van der Waals surface area contributed by atoms with Crippen LogP contribution in [0, 0.1) is 6.92 Å². The molecule has 0 saturated carbocycles. The lowest BCUT2D eigenvalue weighted by Gasteiger charge is -2.22. The minimum absolute atomic E-state index is 0.0200. The fourth-order valence-corrected chi connectivity index (χ4v) is 2.28. The number of nitrogens with zero attached hydrogens (tertiary/aromatic N) is 1. The van der Waals surface area contributed by atoms with Crippen LogP contribution in [0.3, 0.4) is 0 Å². The summed E-state index contributed by atoms with van der Waals surface area (Å²) in [7, 11) is 3.92. The Morgan fingerprint density at radius 3 is 2.78 bits per heavy atom. The Kier molecular flexibility index (Phi) is 6.23. The smallest absolute Gasteiger partial charge is 0.223 e. The van der Waals surface area contributed by atoms with Gasteiger partial charge in [-0.3, -0.25) is 9.69 Å². The van der Waals surface area contributed by atoms with Crippen LogP contribution < -0.4 is 10.1 Å². The molecule has 2 rings (SSSR count). The predicted octanol–water partition coefficient (Wildman–Crippen LogP) is 2.78. The van der Waals surface area contributed by atoms with Crippen LogP contribution in [0.15, 0.2) is 47.1 Å². The first-order chi connectivity index (χ1) is 11.1.